The number of ether oxygens (including phenoxy) is 1. The predicted molar refractivity (Wildman–Crippen MR) is 86.3 cm³/mol. The van der Waals surface area contributed by atoms with E-state index in [9.17, 15) is 0 Å². The third kappa shape index (κ3) is 5.51. The van der Waals surface area contributed by atoms with Crippen LogP contribution in [0.3, 0.4) is 0 Å². The molecule has 0 heterocycles. The molecule has 1 aromatic carbocycles. The molecular weight excluding hydrogens is 248 g/mol. The van der Waals surface area contributed by atoms with Crippen molar-refractivity contribution in [3.63, 3.8) is 0 Å². The standard InChI is InChI=1S/C17H30N2O/c1-6-17(3,13-18-7-2)14-19(4)12-15-9-8-10-16(11-15)20-5/h8-11,18H,6-7,12-14H2,1-5H3. The lowest BCUT2D eigenvalue weighted by molar-refractivity contribution is 0.176. The normalized spacial score (nSPS) is 14.3. The van der Waals surface area contributed by atoms with Crippen LogP contribution in [0.1, 0.15) is 32.8 Å². The molecule has 3 heteroatoms. The van der Waals surface area contributed by atoms with E-state index < -0.39 is 0 Å². The van der Waals surface area contributed by atoms with Gasteiger partial charge in [0.1, 0.15) is 5.75 Å². The number of hydrogen-bond acceptors (Lipinski definition) is 3. The smallest absolute Gasteiger partial charge is 0.119 e. The maximum absolute atomic E-state index is 5.28. The van der Waals surface area contributed by atoms with Crippen molar-refractivity contribution < 1.29 is 4.74 Å². The highest BCUT2D eigenvalue weighted by molar-refractivity contribution is 5.28. The van der Waals surface area contributed by atoms with Crippen LogP contribution in [0, 0.1) is 5.41 Å². The second kappa shape index (κ2) is 8.28. The van der Waals surface area contributed by atoms with Crippen molar-refractivity contribution in [2.75, 3.05) is 33.8 Å². The molecule has 0 aromatic heterocycles. The van der Waals surface area contributed by atoms with Gasteiger partial charge in [0.05, 0.1) is 7.11 Å². The minimum atomic E-state index is 0.323. The summed E-state index contributed by atoms with van der Waals surface area (Å²) in [6.07, 6.45) is 1.18. The Labute approximate surface area is 124 Å². The Morgan fingerprint density at radius 1 is 1.30 bits per heavy atom. The zero-order chi connectivity index (χ0) is 15.0. The fourth-order valence-corrected chi connectivity index (χ4v) is 2.51. The van der Waals surface area contributed by atoms with E-state index in [0.29, 0.717) is 5.41 Å². The molecule has 1 unspecified atom stereocenters. The molecule has 0 amide bonds. The molecule has 20 heavy (non-hydrogen) atoms. The molecule has 1 N–H and O–H groups in total. The van der Waals surface area contributed by atoms with E-state index in [1.54, 1.807) is 7.11 Å². The second-order valence-corrected chi connectivity index (χ2v) is 5.97. The average Bonchev–Trinajstić information content (AvgIpc) is 2.45. The van der Waals surface area contributed by atoms with Crippen LogP contribution < -0.4 is 10.1 Å². The number of benzene rings is 1. The van der Waals surface area contributed by atoms with E-state index in [0.717, 1.165) is 31.9 Å². The van der Waals surface area contributed by atoms with Gasteiger partial charge in [-0.15, -0.1) is 0 Å². The monoisotopic (exact) mass is 278 g/mol. The van der Waals surface area contributed by atoms with Crippen molar-refractivity contribution in [1.29, 1.82) is 0 Å². The molecule has 0 saturated carbocycles. The molecule has 0 aliphatic rings. The van der Waals surface area contributed by atoms with Crippen LogP contribution in [0.2, 0.25) is 0 Å². The van der Waals surface area contributed by atoms with Crippen LogP contribution in [0.15, 0.2) is 24.3 Å². The molecule has 1 atom stereocenters. The summed E-state index contributed by atoms with van der Waals surface area (Å²) in [5.74, 6) is 0.932. The highest BCUT2D eigenvalue weighted by atomic mass is 16.5. The maximum Gasteiger partial charge on any atom is 0.119 e. The molecule has 0 aliphatic heterocycles. The van der Waals surface area contributed by atoms with Crippen molar-refractivity contribution in [3.8, 4) is 5.75 Å². The molecule has 0 fully saturated rings. The number of nitrogens with one attached hydrogen (secondary N) is 1. The van der Waals surface area contributed by atoms with Gasteiger partial charge in [0.2, 0.25) is 0 Å². The lowest BCUT2D eigenvalue weighted by atomic mass is 9.86. The highest BCUT2D eigenvalue weighted by Gasteiger charge is 2.23. The van der Waals surface area contributed by atoms with Gasteiger partial charge >= 0.3 is 0 Å². The van der Waals surface area contributed by atoms with E-state index in [-0.39, 0.29) is 0 Å². The zero-order valence-electron chi connectivity index (χ0n) is 13.7. The number of rotatable bonds is 9. The van der Waals surface area contributed by atoms with E-state index in [1.165, 1.54) is 12.0 Å². The Kier molecular flexibility index (Phi) is 7.03. The van der Waals surface area contributed by atoms with E-state index in [4.69, 9.17) is 4.74 Å². The molecular formula is C17H30N2O. The van der Waals surface area contributed by atoms with Crippen LogP contribution >= 0.6 is 0 Å². The lowest BCUT2D eigenvalue weighted by Crippen LogP contribution is -2.40. The van der Waals surface area contributed by atoms with Crippen molar-refractivity contribution in [1.82, 2.24) is 10.2 Å². The number of nitrogens with zero attached hydrogens (tertiary/aromatic N) is 1. The zero-order valence-corrected chi connectivity index (χ0v) is 13.7. The van der Waals surface area contributed by atoms with Crippen LogP contribution in [0.25, 0.3) is 0 Å². The van der Waals surface area contributed by atoms with Gasteiger partial charge in [-0.05, 0) is 43.1 Å². The quantitative estimate of drug-likeness (QED) is 0.751. The minimum absolute atomic E-state index is 0.323. The highest BCUT2D eigenvalue weighted by Crippen LogP contribution is 2.22. The van der Waals surface area contributed by atoms with Crippen LogP contribution in [0.5, 0.6) is 5.75 Å². The van der Waals surface area contributed by atoms with Gasteiger partial charge in [0, 0.05) is 19.6 Å². The van der Waals surface area contributed by atoms with Gasteiger partial charge in [0.15, 0.2) is 0 Å². The number of methoxy groups -OCH3 is 1. The number of hydrogen-bond donors (Lipinski definition) is 1. The van der Waals surface area contributed by atoms with Gasteiger partial charge in [-0.25, -0.2) is 0 Å². The Morgan fingerprint density at radius 2 is 2.05 bits per heavy atom. The molecule has 0 radical (unpaired) electrons. The molecule has 0 aliphatic carbocycles. The molecule has 114 valence electrons. The summed E-state index contributed by atoms with van der Waals surface area (Å²) in [6.45, 7) is 11.0. The first kappa shape index (κ1) is 17.0. The maximum atomic E-state index is 5.28. The first-order chi connectivity index (χ1) is 9.53. The Bertz CT molecular complexity index is 394. The predicted octanol–water partition coefficient (Wildman–Crippen LogP) is 3.15. The molecule has 3 nitrogen and oxygen atoms in total. The summed E-state index contributed by atoms with van der Waals surface area (Å²) in [5.41, 5.74) is 1.62. The van der Waals surface area contributed by atoms with Crippen LogP contribution in [-0.2, 0) is 6.54 Å². The summed E-state index contributed by atoms with van der Waals surface area (Å²) < 4.78 is 5.28. The van der Waals surface area contributed by atoms with Gasteiger partial charge in [-0.3, -0.25) is 0 Å². The van der Waals surface area contributed by atoms with E-state index in [1.807, 2.05) is 6.07 Å². The summed E-state index contributed by atoms with van der Waals surface area (Å²) in [5, 5.41) is 3.48. The fourth-order valence-electron chi connectivity index (χ4n) is 2.51. The van der Waals surface area contributed by atoms with E-state index in [2.05, 4.69) is 56.2 Å². The van der Waals surface area contributed by atoms with Gasteiger partial charge in [-0.1, -0.05) is 32.9 Å². The summed E-state index contributed by atoms with van der Waals surface area (Å²) >= 11 is 0. The SMILES string of the molecule is CCNCC(C)(CC)CN(C)Cc1cccc(OC)c1. The van der Waals surface area contributed by atoms with Crippen LogP contribution in [0.4, 0.5) is 0 Å². The molecule has 1 aromatic rings. The molecule has 0 bridgehead atoms. The third-order valence-corrected chi connectivity index (χ3v) is 3.89. The van der Waals surface area contributed by atoms with Crippen molar-refractivity contribution in [2.45, 2.75) is 33.7 Å². The lowest BCUT2D eigenvalue weighted by Gasteiger charge is -2.33. The van der Waals surface area contributed by atoms with Crippen molar-refractivity contribution in [3.05, 3.63) is 29.8 Å². The van der Waals surface area contributed by atoms with Crippen LogP contribution in [-0.4, -0.2) is 38.7 Å². The summed E-state index contributed by atoms with van der Waals surface area (Å²) in [4.78, 5) is 2.40. The van der Waals surface area contributed by atoms with Gasteiger partial charge in [-0.2, -0.15) is 0 Å². The Balaban J connectivity index is 2.58. The van der Waals surface area contributed by atoms with Gasteiger partial charge in [0.25, 0.3) is 0 Å². The van der Waals surface area contributed by atoms with Gasteiger partial charge < -0.3 is 15.0 Å². The third-order valence-electron chi connectivity index (χ3n) is 3.89. The topological polar surface area (TPSA) is 24.5 Å². The second-order valence-electron chi connectivity index (χ2n) is 5.97. The average molecular weight is 278 g/mol. The minimum Gasteiger partial charge on any atom is -0.497 e. The van der Waals surface area contributed by atoms with E-state index >= 15 is 0 Å². The van der Waals surface area contributed by atoms with Crippen molar-refractivity contribution >= 4 is 0 Å². The fraction of sp³-hybridized carbons (Fsp3) is 0.647. The Morgan fingerprint density at radius 3 is 2.65 bits per heavy atom. The first-order valence-electron chi connectivity index (χ1n) is 7.55. The first-order valence-corrected chi connectivity index (χ1v) is 7.55. The largest absolute Gasteiger partial charge is 0.497 e. The Hall–Kier alpha value is -1.06. The molecule has 1 rings (SSSR count). The van der Waals surface area contributed by atoms with Crippen molar-refractivity contribution in [2.24, 2.45) is 5.41 Å². The molecule has 0 saturated heterocycles. The molecule has 0 spiro atoms. The summed E-state index contributed by atoms with van der Waals surface area (Å²) in [6, 6.07) is 8.32. The summed E-state index contributed by atoms with van der Waals surface area (Å²) in [7, 11) is 3.91.